The third kappa shape index (κ3) is 3.86. The summed E-state index contributed by atoms with van der Waals surface area (Å²) in [7, 11) is 0. The lowest BCUT2D eigenvalue weighted by molar-refractivity contribution is -0.136. The topological polar surface area (TPSA) is 122 Å². The van der Waals surface area contributed by atoms with Crippen molar-refractivity contribution in [3.63, 3.8) is 0 Å². The van der Waals surface area contributed by atoms with E-state index in [9.17, 15) is 13.2 Å². The van der Waals surface area contributed by atoms with Gasteiger partial charge in [0.15, 0.2) is 17.4 Å². The van der Waals surface area contributed by atoms with Gasteiger partial charge in [0, 0.05) is 17.1 Å². The second-order valence-electron chi connectivity index (χ2n) is 6.34. The fourth-order valence-electron chi connectivity index (χ4n) is 2.96. The van der Waals surface area contributed by atoms with E-state index in [0.717, 1.165) is 6.07 Å². The van der Waals surface area contributed by atoms with Crippen LogP contribution in [0.4, 0.5) is 13.2 Å². The van der Waals surface area contributed by atoms with Crippen LogP contribution in [0.5, 0.6) is 0 Å². The number of nitrogens with zero attached hydrogens (tertiary/aromatic N) is 6. The van der Waals surface area contributed by atoms with Gasteiger partial charge >= 0.3 is 6.18 Å². The molecule has 0 amide bonds. The van der Waals surface area contributed by atoms with E-state index in [1.165, 1.54) is 18.0 Å². The summed E-state index contributed by atoms with van der Waals surface area (Å²) in [5.41, 5.74) is -0.646. The van der Waals surface area contributed by atoms with Crippen LogP contribution in [-0.4, -0.2) is 40.8 Å². The molecule has 31 heavy (non-hydrogen) atoms. The third-order valence-electron chi connectivity index (χ3n) is 4.32. The summed E-state index contributed by atoms with van der Waals surface area (Å²) in [5, 5.41) is 21.2. The molecule has 1 aromatic carbocycles. The van der Waals surface area contributed by atoms with Crippen LogP contribution in [0.1, 0.15) is 11.4 Å². The van der Waals surface area contributed by atoms with Crippen molar-refractivity contribution < 1.29 is 17.6 Å². The van der Waals surface area contributed by atoms with Crippen LogP contribution in [0, 0.1) is 0 Å². The molecule has 156 valence electrons. The van der Waals surface area contributed by atoms with Crippen LogP contribution in [0.3, 0.4) is 0 Å². The molecule has 0 saturated heterocycles. The maximum absolute atomic E-state index is 13.5. The van der Waals surface area contributed by atoms with Gasteiger partial charge in [0.05, 0.1) is 16.8 Å². The van der Waals surface area contributed by atoms with Crippen LogP contribution < -0.4 is 0 Å². The molecule has 4 heterocycles. The molecule has 5 rings (SSSR count). The number of H-pyrrole nitrogens is 2. The number of tetrazole rings is 1. The molecule has 0 aliphatic carbocycles. The van der Waals surface area contributed by atoms with Gasteiger partial charge in [0.1, 0.15) is 5.76 Å². The Balaban J connectivity index is 1.44. The van der Waals surface area contributed by atoms with E-state index in [-0.39, 0.29) is 16.8 Å². The number of aromatic nitrogens is 8. The molecule has 0 saturated carbocycles. The van der Waals surface area contributed by atoms with Gasteiger partial charge in [-0.05, 0) is 30.3 Å². The lowest BCUT2D eigenvalue weighted by Crippen LogP contribution is -2.07. The highest BCUT2D eigenvalue weighted by Crippen LogP contribution is 2.38. The average molecular weight is 444 g/mol. The molecular weight excluding hydrogens is 433 g/mol. The van der Waals surface area contributed by atoms with Crippen molar-refractivity contribution in [2.75, 3.05) is 0 Å². The molecule has 0 radical (unpaired) electrons. The van der Waals surface area contributed by atoms with Crippen LogP contribution in [0.15, 0.2) is 52.2 Å². The predicted octanol–water partition coefficient (Wildman–Crippen LogP) is 4.10. The number of aromatic amines is 2. The zero-order chi connectivity index (χ0) is 21.4. The first-order chi connectivity index (χ1) is 15.0. The summed E-state index contributed by atoms with van der Waals surface area (Å²) in [5.74, 6) is 1.88. The first kappa shape index (κ1) is 19.2. The van der Waals surface area contributed by atoms with Gasteiger partial charge in [-0.25, -0.2) is 0 Å². The maximum Gasteiger partial charge on any atom is 0.418 e. The lowest BCUT2D eigenvalue weighted by atomic mass is 10.0. The van der Waals surface area contributed by atoms with Crippen molar-refractivity contribution >= 4 is 22.7 Å². The Morgan fingerprint density at radius 2 is 1.94 bits per heavy atom. The van der Waals surface area contributed by atoms with Gasteiger partial charge in [-0.3, -0.25) is 10.1 Å². The number of hydrogen-bond acceptors (Lipinski definition) is 8. The van der Waals surface area contributed by atoms with Crippen LogP contribution in [-0.2, 0) is 11.9 Å². The Hall–Kier alpha value is -3.74. The Morgan fingerprint density at radius 3 is 2.74 bits per heavy atom. The number of nitrogens with one attached hydrogen (secondary N) is 2. The summed E-state index contributed by atoms with van der Waals surface area (Å²) >= 11 is 1.29. The third-order valence-corrected chi connectivity index (χ3v) is 5.16. The number of thioether (sulfide) groups is 1. The zero-order valence-corrected chi connectivity index (χ0v) is 16.2. The smallest absolute Gasteiger partial charge is 0.418 e. The Bertz CT molecular complexity index is 1350. The Kier molecular flexibility index (Phi) is 4.66. The van der Waals surface area contributed by atoms with E-state index in [0.29, 0.717) is 33.7 Å². The van der Waals surface area contributed by atoms with Gasteiger partial charge in [0.25, 0.3) is 0 Å². The largest absolute Gasteiger partial charge is 0.453 e. The van der Waals surface area contributed by atoms with E-state index in [4.69, 9.17) is 4.42 Å². The summed E-state index contributed by atoms with van der Waals surface area (Å²) in [6.07, 6.45) is -3.21. The second-order valence-corrected chi connectivity index (χ2v) is 7.29. The fraction of sp³-hybridized carbons (Fsp3) is 0.111. The molecule has 13 heteroatoms. The summed E-state index contributed by atoms with van der Waals surface area (Å²) in [6.45, 7) is 0. The number of fused-ring (bicyclic) bond motifs is 1. The highest BCUT2D eigenvalue weighted by atomic mass is 32.2. The minimum atomic E-state index is -4.55. The normalized spacial score (nSPS) is 12.0. The first-order valence-electron chi connectivity index (χ1n) is 8.81. The number of halogens is 3. The summed E-state index contributed by atoms with van der Waals surface area (Å²) in [6, 6.07) is 9.00. The monoisotopic (exact) mass is 444 g/mol. The SMILES string of the molecule is FC(F)(F)c1cc(-c2ccc(-c3nc(SCc4nn[nH]n4)n[nH]3)o2)cc2cccnc12. The van der Waals surface area contributed by atoms with Crippen molar-refractivity contribution in [1.29, 1.82) is 0 Å². The van der Waals surface area contributed by atoms with E-state index in [2.05, 4.69) is 40.8 Å². The number of pyridine rings is 1. The molecule has 9 nitrogen and oxygen atoms in total. The van der Waals surface area contributed by atoms with Crippen LogP contribution in [0.25, 0.3) is 33.8 Å². The highest BCUT2D eigenvalue weighted by Gasteiger charge is 2.34. The molecule has 0 aliphatic heterocycles. The molecule has 0 spiro atoms. The van der Waals surface area contributed by atoms with Gasteiger partial charge < -0.3 is 4.42 Å². The number of alkyl halides is 3. The standard InChI is InChI=1S/C18H11F3N8OS/c19-18(20,21)11-7-10(6-9-2-1-5-22-15(9)11)12-3-4-13(30-12)16-23-17(27-26-16)31-8-14-24-28-29-25-14/h1-7H,8H2,(H,23,26,27)(H,24,25,28,29). The van der Waals surface area contributed by atoms with Gasteiger partial charge in [-0.2, -0.15) is 23.4 Å². The molecule has 0 unspecified atom stereocenters. The second kappa shape index (κ2) is 7.50. The van der Waals surface area contributed by atoms with Crippen molar-refractivity contribution in [2.24, 2.45) is 0 Å². The number of rotatable bonds is 5. The van der Waals surface area contributed by atoms with E-state index < -0.39 is 11.7 Å². The van der Waals surface area contributed by atoms with Gasteiger partial charge in [-0.15, -0.1) is 15.3 Å². The average Bonchev–Trinajstić information content (AvgIpc) is 3.52. The zero-order valence-electron chi connectivity index (χ0n) is 15.4. The molecule has 2 N–H and O–H groups in total. The van der Waals surface area contributed by atoms with Crippen LogP contribution in [0.2, 0.25) is 0 Å². The molecule has 4 aromatic heterocycles. The van der Waals surface area contributed by atoms with Crippen molar-refractivity contribution in [3.8, 4) is 22.9 Å². The predicted molar refractivity (Wildman–Crippen MR) is 104 cm³/mol. The van der Waals surface area contributed by atoms with Crippen LogP contribution >= 0.6 is 11.8 Å². The Labute approximate surface area is 175 Å². The van der Waals surface area contributed by atoms with Crippen molar-refractivity contribution in [1.82, 2.24) is 40.8 Å². The minimum Gasteiger partial charge on any atom is -0.453 e. The minimum absolute atomic E-state index is 0.107. The highest BCUT2D eigenvalue weighted by molar-refractivity contribution is 7.98. The van der Waals surface area contributed by atoms with E-state index in [1.807, 2.05) is 0 Å². The number of benzene rings is 1. The van der Waals surface area contributed by atoms with E-state index >= 15 is 0 Å². The first-order valence-corrected chi connectivity index (χ1v) is 9.80. The van der Waals surface area contributed by atoms with E-state index in [1.54, 1.807) is 30.3 Å². The molecule has 0 atom stereocenters. The van der Waals surface area contributed by atoms with Gasteiger partial charge in [0.2, 0.25) is 5.16 Å². The molecule has 0 bridgehead atoms. The Morgan fingerprint density at radius 1 is 1.06 bits per heavy atom. The number of furan rings is 1. The molecule has 5 aromatic rings. The van der Waals surface area contributed by atoms with Gasteiger partial charge in [-0.1, -0.05) is 23.0 Å². The molecular formula is C18H11F3N8OS. The maximum atomic E-state index is 13.5. The van der Waals surface area contributed by atoms with Crippen molar-refractivity contribution in [2.45, 2.75) is 17.1 Å². The fourth-order valence-corrected chi connectivity index (χ4v) is 3.61. The quantitative estimate of drug-likeness (QED) is 0.389. The molecule has 0 aliphatic rings. The van der Waals surface area contributed by atoms with Crippen molar-refractivity contribution in [3.05, 3.63) is 54.0 Å². The summed E-state index contributed by atoms with van der Waals surface area (Å²) in [4.78, 5) is 8.20. The number of hydrogen-bond donors (Lipinski definition) is 2. The lowest BCUT2D eigenvalue weighted by Gasteiger charge is -2.11. The molecule has 0 fully saturated rings. The summed E-state index contributed by atoms with van der Waals surface area (Å²) < 4.78 is 46.4.